The average Bonchev–Trinajstić information content (AvgIpc) is 2.41. The number of nitrogens with two attached hydrogens (primary N) is 1. The van der Waals surface area contributed by atoms with Crippen molar-refractivity contribution in [1.29, 1.82) is 0 Å². The smallest absolute Gasteiger partial charge is 0.241 e. The molecule has 0 saturated carbocycles. The highest BCUT2D eigenvalue weighted by Crippen LogP contribution is 2.28. The molecule has 3 N–H and O–H groups in total. The van der Waals surface area contributed by atoms with Gasteiger partial charge in [-0.05, 0) is 30.2 Å². The lowest BCUT2D eigenvalue weighted by Crippen LogP contribution is -2.39. The highest BCUT2D eigenvalue weighted by Gasteiger charge is 2.18. The zero-order chi connectivity index (χ0) is 14.0. The molecule has 2 aromatic rings. The number of carbonyl (C=O) groups excluding carboxylic acids is 1. The number of halogens is 1. The molecule has 5 heteroatoms. The number of hydrogen-bond acceptors (Lipinski definition) is 3. The van der Waals surface area contributed by atoms with Gasteiger partial charge in [0, 0.05) is 11.6 Å². The highest BCUT2D eigenvalue weighted by molar-refractivity contribution is 6.35. The van der Waals surface area contributed by atoms with Gasteiger partial charge in [0.15, 0.2) is 0 Å². The summed E-state index contributed by atoms with van der Waals surface area (Å²) in [6.45, 7) is 3.82. The van der Waals surface area contributed by atoms with Crippen molar-refractivity contribution in [2.24, 2.45) is 11.7 Å². The molecule has 0 aliphatic carbocycles. The Morgan fingerprint density at radius 3 is 2.79 bits per heavy atom. The molecule has 4 nitrogen and oxygen atoms in total. The molecule has 19 heavy (non-hydrogen) atoms. The van der Waals surface area contributed by atoms with E-state index in [2.05, 4.69) is 10.3 Å². The lowest BCUT2D eigenvalue weighted by molar-refractivity contribution is -0.118. The third kappa shape index (κ3) is 2.85. The second kappa shape index (κ2) is 5.55. The number of aromatic nitrogens is 1. The van der Waals surface area contributed by atoms with Crippen LogP contribution in [0.4, 0.5) is 5.69 Å². The van der Waals surface area contributed by atoms with Crippen LogP contribution in [0.1, 0.15) is 13.8 Å². The normalized spacial score (nSPS) is 12.7. The van der Waals surface area contributed by atoms with Crippen molar-refractivity contribution in [2.75, 3.05) is 5.32 Å². The molecule has 0 fully saturated rings. The lowest BCUT2D eigenvalue weighted by Gasteiger charge is -2.16. The minimum atomic E-state index is -0.539. The van der Waals surface area contributed by atoms with Crippen molar-refractivity contribution in [3.8, 4) is 0 Å². The summed E-state index contributed by atoms with van der Waals surface area (Å²) in [6, 6.07) is 6.61. The van der Waals surface area contributed by atoms with Crippen LogP contribution >= 0.6 is 11.6 Å². The van der Waals surface area contributed by atoms with Gasteiger partial charge in [0.05, 0.1) is 22.3 Å². The van der Waals surface area contributed by atoms with Crippen LogP contribution < -0.4 is 11.1 Å². The number of nitrogens with zero attached hydrogens (tertiary/aromatic N) is 1. The number of pyridine rings is 1. The summed E-state index contributed by atoms with van der Waals surface area (Å²) >= 11 is 6.08. The second-order valence-corrected chi connectivity index (χ2v) is 5.16. The standard InChI is InChI=1S/C14H16ClN3O/c1-8(2)12(16)14(19)18-11-6-5-10(15)13-9(11)4-3-7-17-13/h3-8,12H,16H2,1-2H3,(H,18,19). The predicted molar refractivity (Wildman–Crippen MR) is 78.2 cm³/mol. The summed E-state index contributed by atoms with van der Waals surface area (Å²) in [6.07, 6.45) is 1.67. The first-order valence-corrected chi connectivity index (χ1v) is 6.48. The molecule has 0 spiro atoms. The van der Waals surface area contributed by atoms with Gasteiger partial charge in [-0.2, -0.15) is 0 Å². The monoisotopic (exact) mass is 277 g/mol. The van der Waals surface area contributed by atoms with Gasteiger partial charge < -0.3 is 11.1 Å². The molecule has 0 radical (unpaired) electrons. The van der Waals surface area contributed by atoms with Gasteiger partial charge in [-0.3, -0.25) is 9.78 Å². The lowest BCUT2D eigenvalue weighted by atomic mass is 10.0. The second-order valence-electron chi connectivity index (χ2n) is 4.75. The molecule has 1 aromatic carbocycles. The van der Waals surface area contributed by atoms with Crippen molar-refractivity contribution >= 4 is 34.1 Å². The third-order valence-electron chi connectivity index (χ3n) is 3.00. The quantitative estimate of drug-likeness (QED) is 0.906. The fraction of sp³-hybridized carbons (Fsp3) is 0.286. The fourth-order valence-electron chi connectivity index (χ4n) is 1.77. The topological polar surface area (TPSA) is 68.0 Å². The fourth-order valence-corrected chi connectivity index (χ4v) is 1.98. The molecule has 1 amide bonds. The van der Waals surface area contributed by atoms with E-state index < -0.39 is 6.04 Å². The first-order valence-electron chi connectivity index (χ1n) is 6.10. The molecule has 1 heterocycles. The largest absolute Gasteiger partial charge is 0.324 e. The van der Waals surface area contributed by atoms with Crippen LogP contribution in [0.5, 0.6) is 0 Å². The van der Waals surface area contributed by atoms with E-state index in [0.29, 0.717) is 16.2 Å². The first kappa shape index (κ1) is 13.8. The number of hydrogen-bond donors (Lipinski definition) is 2. The molecular weight excluding hydrogens is 262 g/mol. The molecule has 0 aliphatic rings. The summed E-state index contributed by atoms with van der Waals surface area (Å²) in [5, 5.41) is 4.19. The van der Waals surface area contributed by atoms with Crippen LogP contribution in [0.2, 0.25) is 5.02 Å². The van der Waals surface area contributed by atoms with Gasteiger partial charge in [-0.15, -0.1) is 0 Å². The van der Waals surface area contributed by atoms with Crippen molar-refractivity contribution < 1.29 is 4.79 Å². The maximum Gasteiger partial charge on any atom is 0.241 e. The van der Waals surface area contributed by atoms with E-state index in [9.17, 15) is 4.79 Å². The molecule has 1 atom stereocenters. The zero-order valence-electron chi connectivity index (χ0n) is 10.9. The Bertz CT molecular complexity index is 613. The molecule has 100 valence electrons. The van der Waals surface area contributed by atoms with Gasteiger partial charge in [0.25, 0.3) is 0 Å². The number of rotatable bonds is 3. The number of nitrogens with one attached hydrogen (secondary N) is 1. The van der Waals surface area contributed by atoms with Crippen molar-refractivity contribution in [3.05, 3.63) is 35.5 Å². The molecule has 1 unspecified atom stereocenters. The minimum Gasteiger partial charge on any atom is -0.324 e. The number of amides is 1. The average molecular weight is 278 g/mol. The predicted octanol–water partition coefficient (Wildman–Crippen LogP) is 2.81. The molecular formula is C14H16ClN3O. The van der Waals surface area contributed by atoms with Gasteiger partial charge in [0.2, 0.25) is 5.91 Å². The van der Waals surface area contributed by atoms with E-state index >= 15 is 0 Å². The minimum absolute atomic E-state index is 0.0803. The van der Waals surface area contributed by atoms with Crippen molar-refractivity contribution in [2.45, 2.75) is 19.9 Å². The van der Waals surface area contributed by atoms with Crippen LogP contribution in [0, 0.1) is 5.92 Å². The van der Waals surface area contributed by atoms with Gasteiger partial charge >= 0.3 is 0 Å². The number of benzene rings is 1. The maximum absolute atomic E-state index is 12.0. The van der Waals surface area contributed by atoms with Crippen LogP contribution in [-0.2, 0) is 4.79 Å². The van der Waals surface area contributed by atoms with Crippen molar-refractivity contribution in [3.63, 3.8) is 0 Å². The Labute approximate surface area is 117 Å². The first-order chi connectivity index (χ1) is 9.00. The van der Waals surface area contributed by atoms with E-state index in [1.807, 2.05) is 19.9 Å². The Hall–Kier alpha value is -1.65. The summed E-state index contributed by atoms with van der Waals surface area (Å²) in [5.41, 5.74) is 7.17. The van der Waals surface area contributed by atoms with Gasteiger partial charge in [-0.25, -0.2) is 0 Å². The van der Waals surface area contributed by atoms with Crippen molar-refractivity contribution in [1.82, 2.24) is 4.98 Å². The van der Waals surface area contributed by atoms with Crippen LogP contribution in [-0.4, -0.2) is 16.9 Å². The Morgan fingerprint density at radius 2 is 2.11 bits per heavy atom. The molecule has 0 bridgehead atoms. The van der Waals surface area contributed by atoms with E-state index in [4.69, 9.17) is 17.3 Å². The number of fused-ring (bicyclic) bond motifs is 1. The Morgan fingerprint density at radius 1 is 1.37 bits per heavy atom. The SMILES string of the molecule is CC(C)C(N)C(=O)Nc1ccc(Cl)c2ncccc12. The van der Waals surface area contributed by atoms with Crippen LogP contribution in [0.15, 0.2) is 30.5 Å². The van der Waals surface area contributed by atoms with Gasteiger partial charge in [-0.1, -0.05) is 25.4 Å². The van der Waals surface area contributed by atoms with Crippen LogP contribution in [0.3, 0.4) is 0 Å². The molecule has 0 saturated heterocycles. The Kier molecular flexibility index (Phi) is 4.02. The summed E-state index contributed by atoms with van der Waals surface area (Å²) in [7, 11) is 0. The van der Waals surface area contributed by atoms with E-state index in [1.165, 1.54) is 0 Å². The van der Waals surface area contributed by atoms with E-state index in [0.717, 1.165) is 5.39 Å². The molecule has 1 aromatic heterocycles. The van der Waals surface area contributed by atoms with E-state index in [1.54, 1.807) is 24.4 Å². The number of anilines is 1. The zero-order valence-corrected chi connectivity index (χ0v) is 11.6. The summed E-state index contributed by atoms with van der Waals surface area (Å²) in [5.74, 6) is -0.126. The number of carbonyl (C=O) groups is 1. The van der Waals surface area contributed by atoms with E-state index in [-0.39, 0.29) is 11.8 Å². The maximum atomic E-state index is 12.0. The summed E-state index contributed by atoms with van der Waals surface area (Å²) < 4.78 is 0. The summed E-state index contributed by atoms with van der Waals surface area (Å²) in [4.78, 5) is 16.2. The molecule has 0 aliphatic heterocycles. The highest BCUT2D eigenvalue weighted by atomic mass is 35.5. The molecule has 2 rings (SSSR count). The third-order valence-corrected chi connectivity index (χ3v) is 3.30. The van der Waals surface area contributed by atoms with Crippen LogP contribution in [0.25, 0.3) is 10.9 Å². The Balaban J connectivity index is 2.36. The van der Waals surface area contributed by atoms with Gasteiger partial charge in [0.1, 0.15) is 0 Å².